The molecule has 0 spiro atoms. The lowest BCUT2D eigenvalue weighted by atomic mass is 9.80. The summed E-state index contributed by atoms with van der Waals surface area (Å²) in [6.45, 7) is 9.63. The van der Waals surface area contributed by atoms with Gasteiger partial charge in [-0.2, -0.15) is 0 Å². The summed E-state index contributed by atoms with van der Waals surface area (Å²) in [6.07, 6.45) is 0. The number of furan rings is 1. The standard InChI is InChI=1S/C68H49NO/c1-67(2)58-38-45(34-36-54(58)63-50-28-16-14-26-48(50)56(40-60(63)67)43-22-10-6-11-23-43)69(62-33-19-32-53-52-31-18-30-47(65(52)70-66(53)62)42-20-8-5-9-21-42)46-35-37-55-59(39-46)68(3,4)61-41-57(44-24-12-7-13-25-44)49-27-15-17-29-51(49)64(55)61/h5-41H,1-4H3. The van der Waals surface area contributed by atoms with Crippen molar-refractivity contribution in [3.05, 3.63) is 247 Å². The van der Waals surface area contributed by atoms with Crippen LogP contribution in [-0.2, 0) is 10.8 Å². The summed E-state index contributed by atoms with van der Waals surface area (Å²) in [4.78, 5) is 2.46. The van der Waals surface area contributed by atoms with Crippen molar-refractivity contribution in [1.82, 2.24) is 0 Å². The average molecular weight is 896 g/mol. The fraction of sp³-hybridized carbons (Fsp3) is 0.0882. The second kappa shape index (κ2) is 15.0. The Labute approximate surface area is 408 Å². The lowest BCUT2D eigenvalue weighted by molar-refractivity contribution is 0.660. The van der Waals surface area contributed by atoms with Crippen molar-refractivity contribution in [3.8, 4) is 55.6 Å². The van der Waals surface area contributed by atoms with Crippen molar-refractivity contribution in [3.63, 3.8) is 0 Å². The van der Waals surface area contributed by atoms with Gasteiger partial charge < -0.3 is 9.32 Å². The zero-order chi connectivity index (χ0) is 46.9. The van der Waals surface area contributed by atoms with Crippen molar-refractivity contribution in [1.29, 1.82) is 0 Å². The van der Waals surface area contributed by atoms with E-state index >= 15 is 0 Å². The topological polar surface area (TPSA) is 16.4 Å². The molecule has 70 heavy (non-hydrogen) atoms. The number of hydrogen-bond acceptors (Lipinski definition) is 2. The van der Waals surface area contributed by atoms with Gasteiger partial charge in [-0.1, -0.05) is 210 Å². The molecule has 0 amide bonds. The number of hydrogen-bond donors (Lipinski definition) is 0. The summed E-state index contributed by atoms with van der Waals surface area (Å²) in [6, 6.07) is 82.8. The predicted octanol–water partition coefficient (Wildman–Crippen LogP) is 19.0. The molecule has 14 rings (SSSR count). The van der Waals surface area contributed by atoms with E-state index in [1.807, 2.05) is 0 Å². The Morgan fingerprint density at radius 2 is 0.700 bits per heavy atom. The van der Waals surface area contributed by atoms with E-state index in [4.69, 9.17) is 4.42 Å². The number of para-hydroxylation sites is 2. The highest BCUT2D eigenvalue weighted by Gasteiger charge is 2.40. The van der Waals surface area contributed by atoms with E-state index in [9.17, 15) is 0 Å². The van der Waals surface area contributed by atoms with E-state index in [1.165, 1.54) is 88.3 Å². The van der Waals surface area contributed by atoms with Gasteiger partial charge >= 0.3 is 0 Å². The first-order valence-corrected chi connectivity index (χ1v) is 24.6. The second-order valence-corrected chi connectivity index (χ2v) is 20.4. The minimum absolute atomic E-state index is 0.283. The number of benzene rings is 11. The number of rotatable bonds is 6. The molecule has 0 saturated heterocycles. The number of nitrogens with zero attached hydrogens (tertiary/aromatic N) is 1. The normalized spacial score (nSPS) is 13.9. The van der Waals surface area contributed by atoms with E-state index in [1.54, 1.807) is 0 Å². The third-order valence-electron chi connectivity index (χ3n) is 15.8. The second-order valence-electron chi connectivity index (χ2n) is 20.4. The van der Waals surface area contributed by atoms with Gasteiger partial charge in [0.15, 0.2) is 5.58 Å². The van der Waals surface area contributed by atoms with Crippen LogP contribution in [0.15, 0.2) is 229 Å². The Bertz CT molecular complexity index is 3910. The monoisotopic (exact) mass is 895 g/mol. The van der Waals surface area contributed by atoms with Gasteiger partial charge in [-0.3, -0.25) is 0 Å². The Hall–Kier alpha value is -8.46. The Morgan fingerprint density at radius 1 is 0.300 bits per heavy atom. The average Bonchev–Trinajstić information content (AvgIpc) is 3.99. The molecule has 0 radical (unpaired) electrons. The minimum atomic E-state index is -0.283. The molecule has 2 nitrogen and oxygen atoms in total. The molecule has 0 atom stereocenters. The zero-order valence-corrected chi connectivity index (χ0v) is 39.7. The van der Waals surface area contributed by atoms with Crippen molar-refractivity contribution in [2.24, 2.45) is 0 Å². The van der Waals surface area contributed by atoms with E-state index in [2.05, 4.69) is 257 Å². The van der Waals surface area contributed by atoms with Crippen molar-refractivity contribution in [2.45, 2.75) is 38.5 Å². The molecule has 332 valence electrons. The maximum absolute atomic E-state index is 7.23. The molecule has 0 aliphatic heterocycles. The van der Waals surface area contributed by atoms with Crippen LogP contribution < -0.4 is 4.90 Å². The van der Waals surface area contributed by atoms with Crippen LogP contribution in [0.5, 0.6) is 0 Å². The fourth-order valence-electron chi connectivity index (χ4n) is 12.4. The third kappa shape index (κ3) is 5.80. The van der Waals surface area contributed by atoms with Crippen molar-refractivity contribution in [2.75, 3.05) is 4.90 Å². The maximum atomic E-state index is 7.23. The van der Waals surface area contributed by atoms with Crippen LogP contribution in [-0.4, -0.2) is 0 Å². The molecule has 0 unspecified atom stereocenters. The quantitative estimate of drug-likeness (QED) is 0.165. The van der Waals surface area contributed by atoms with E-state index in [-0.39, 0.29) is 10.8 Å². The molecule has 1 aromatic heterocycles. The molecule has 2 aliphatic rings. The van der Waals surface area contributed by atoms with Crippen LogP contribution in [0.3, 0.4) is 0 Å². The highest BCUT2D eigenvalue weighted by molar-refractivity contribution is 6.15. The van der Waals surface area contributed by atoms with E-state index in [0.29, 0.717) is 0 Å². The summed E-state index contributed by atoms with van der Waals surface area (Å²) >= 11 is 0. The molecule has 2 aliphatic carbocycles. The van der Waals surface area contributed by atoms with Gasteiger partial charge in [0.25, 0.3) is 0 Å². The van der Waals surface area contributed by atoms with Crippen LogP contribution in [0.4, 0.5) is 17.1 Å². The first-order chi connectivity index (χ1) is 34.3. The Morgan fingerprint density at radius 3 is 1.19 bits per heavy atom. The Balaban J connectivity index is 1.00. The Kier molecular flexibility index (Phi) is 8.71. The molecule has 2 heteroatoms. The largest absolute Gasteiger partial charge is 0.453 e. The number of anilines is 3. The van der Waals surface area contributed by atoms with Gasteiger partial charge in [0.1, 0.15) is 5.58 Å². The van der Waals surface area contributed by atoms with Crippen molar-refractivity contribution < 1.29 is 4.42 Å². The summed E-state index contributed by atoms with van der Waals surface area (Å²) < 4.78 is 7.23. The highest BCUT2D eigenvalue weighted by Crippen LogP contribution is 2.57. The highest BCUT2D eigenvalue weighted by atomic mass is 16.3. The lowest BCUT2D eigenvalue weighted by Gasteiger charge is -2.29. The minimum Gasteiger partial charge on any atom is -0.453 e. The molecule has 0 fully saturated rings. The van der Waals surface area contributed by atoms with Gasteiger partial charge in [-0.15, -0.1) is 0 Å². The summed E-state index contributed by atoms with van der Waals surface area (Å²) in [7, 11) is 0. The summed E-state index contributed by atoms with van der Waals surface area (Å²) in [5.41, 5.74) is 22.2. The molecule has 0 N–H and O–H groups in total. The van der Waals surface area contributed by atoms with Crippen LogP contribution in [0.1, 0.15) is 49.9 Å². The molecular weight excluding hydrogens is 847 g/mol. The molecule has 0 bridgehead atoms. The van der Waals surface area contributed by atoms with Gasteiger partial charge in [-0.05, 0) is 136 Å². The van der Waals surface area contributed by atoms with Crippen LogP contribution >= 0.6 is 0 Å². The molecule has 0 saturated carbocycles. The predicted molar refractivity (Wildman–Crippen MR) is 295 cm³/mol. The van der Waals surface area contributed by atoms with Gasteiger partial charge in [0.05, 0.1) is 5.69 Å². The van der Waals surface area contributed by atoms with Crippen LogP contribution in [0, 0.1) is 0 Å². The fourth-order valence-corrected chi connectivity index (χ4v) is 12.4. The van der Waals surface area contributed by atoms with Gasteiger partial charge in [-0.25, -0.2) is 0 Å². The lowest BCUT2D eigenvalue weighted by Crippen LogP contribution is -2.18. The van der Waals surface area contributed by atoms with Gasteiger partial charge in [0.2, 0.25) is 0 Å². The summed E-state index contributed by atoms with van der Waals surface area (Å²) in [5, 5.41) is 7.34. The third-order valence-corrected chi connectivity index (χ3v) is 15.8. The molecule has 1 heterocycles. The maximum Gasteiger partial charge on any atom is 0.159 e. The first kappa shape index (κ1) is 40.6. The molecule has 11 aromatic carbocycles. The molecular formula is C68H49NO. The SMILES string of the molecule is CC1(C)c2cc(N(c3ccc4c(c3)C(C)(C)c3cc(-c5ccccc5)c5ccccc5c3-4)c3cccc4c3oc3c(-c5ccccc5)cccc34)ccc2-c2c1cc(-c1ccccc1)c1ccccc21. The smallest absolute Gasteiger partial charge is 0.159 e. The zero-order valence-electron chi connectivity index (χ0n) is 39.7. The molecule has 12 aromatic rings. The van der Waals surface area contributed by atoms with Crippen LogP contribution in [0.2, 0.25) is 0 Å². The van der Waals surface area contributed by atoms with E-state index in [0.717, 1.165) is 50.1 Å². The number of fused-ring (bicyclic) bond motifs is 13. The van der Waals surface area contributed by atoms with Gasteiger partial charge in [0, 0.05) is 38.5 Å². The van der Waals surface area contributed by atoms with Crippen molar-refractivity contribution >= 4 is 60.5 Å². The van der Waals surface area contributed by atoms with E-state index < -0.39 is 0 Å². The van der Waals surface area contributed by atoms with Crippen LogP contribution in [0.25, 0.3) is 99.1 Å². The summed E-state index contributed by atoms with van der Waals surface area (Å²) in [5.74, 6) is 0. The first-order valence-electron chi connectivity index (χ1n) is 24.6.